The van der Waals surface area contributed by atoms with Crippen LogP contribution in [0.1, 0.15) is 43.7 Å². The second kappa shape index (κ2) is 6.92. The van der Waals surface area contributed by atoms with Gasteiger partial charge in [0.15, 0.2) is 5.11 Å². The Kier molecular flexibility index (Phi) is 4.73. The van der Waals surface area contributed by atoms with Crippen molar-refractivity contribution in [2.45, 2.75) is 45.1 Å². The minimum atomic E-state index is 0.494. The lowest BCUT2D eigenvalue weighted by Crippen LogP contribution is -2.23. The van der Waals surface area contributed by atoms with Gasteiger partial charge in [-0.1, -0.05) is 37.0 Å². The predicted molar refractivity (Wildman–Crippen MR) is 95.4 cm³/mol. The van der Waals surface area contributed by atoms with Crippen LogP contribution in [0.25, 0.3) is 0 Å². The van der Waals surface area contributed by atoms with Gasteiger partial charge in [-0.2, -0.15) is 5.10 Å². The van der Waals surface area contributed by atoms with Crippen molar-refractivity contribution in [1.82, 2.24) is 9.78 Å². The lowest BCUT2D eigenvalue weighted by molar-refractivity contribution is 0.333. The number of rotatable bonds is 3. The molecule has 2 aromatic rings. The van der Waals surface area contributed by atoms with Gasteiger partial charge in [0, 0.05) is 11.8 Å². The molecule has 22 heavy (non-hydrogen) atoms. The van der Waals surface area contributed by atoms with E-state index >= 15 is 0 Å². The quantitative estimate of drug-likeness (QED) is 0.818. The third kappa shape index (κ3) is 3.65. The van der Waals surface area contributed by atoms with Crippen molar-refractivity contribution >= 4 is 28.8 Å². The van der Waals surface area contributed by atoms with Gasteiger partial charge in [0.1, 0.15) is 5.82 Å². The Hall–Kier alpha value is -1.88. The highest BCUT2D eigenvalue weighted by atomic mass is 32.1. The fourth-order valence-corrected chi connectivity index (χ4v) is 3.17. The predicted octanol–water partition coefficient (Wildman–Crippen LogP) is 4.51. The molecule has 1 saturated carbocycles. The normalized spacial score (nSPS) is 15.5. The van der Waals surface area contributed by atoms with Crippen molar-refractivity contribution < 1.29 is 0 Å². The van der Waals surface area contributed by atoms with Crippen LogP contribution in [0.2, 0.25) is 0 Å². The Morgan fingerprint density at radius 1 is 1.09 bits per heavy atom. The molecule has 1 aliphatic rings. The van der Waals surface area contributed by atoms with Crippen LogP contribution in [-0.4, -0.2) is 14.9 Å². The van der Waals surface area contributed by atoms with Crippen molar-refractivity contribution in [3.63, 3.8) is 0 Å². The number of hydrogen-bond acceptors (Lipinski definition) is 2. The van der Waals surface area contributed by atoms with E-state index < -0.39 is 0 Å². The van der Waals surface area contributed by atoms with Gasteiger partial charge in [-0.05, 0) is 44.1 Å². The number of nitrogens with zero attached hydrogens (tertiary/aromatic N) is 2. The lowest BCUT2D eigenvalue weighted by Gasteiger charge is -2.24. The Bertz CT molecular complexity index is 626. The van der Waals surface area contributed by atoms with Crippen molar-refractivity contribution in [1.29, 1.82) is 0 Å². The zero-order valence-electron chi connectivity index (χ0n) is 12.9. The van der Waals surface area contributed by atoms with Crippen LogP contribution in [0.5, 0.6) is 0 Å². The smallest absolute Gasteiger partial charge is 0.176 e. The van der Waals surface area contributed by atoms with Crippen LogP contribution < -0.4 is 10.6 Å². The monoisotopic (exact) mass is 314 g/mol. The maximum atomic E-state index is 5.41. The molecule has 2 N–H and O–H groups in total. The average molecular weight is 314 g/mol. The molecular weight excluding hydrogens is 292 g/mol. The number of aryl methyl sites for hydroxylation is 1. The van der Waals surface area contributed by atoms with E-state index in [1.54, 1.807) is 0 Å². The maximum absolute atomic E-state index is 5.41. The molecule has 4 nitrogen and oxygen atoms in total. The second-order valence-corrected chi connectivity index (χ2v) is 6.31. The van der Waals surface area contributed by atoms with Crippen molar-refractivity contribution in [2.24, 2.45) is 0 Å². The zero-order chi connectivity index (χ0) is 15.4. The van der Waals surface area contributed by atoms with E-state index in [4.69, 9.17) is 12.2 Å². The molecule has 0 unspecified atom stereocenters. The largest absolute Gasteiger partial charge is 0.332 e. The van der Waals surface area contributed by atoms with Gasteiger partial charge in [0.2, 0.25) is 0 Å². The van der Waals surface area contributed by atoms with Crippen LogP contribution in [0.3, 0.4) is 0 Å². The van der Waals surface area contributed by atoms with Crippen molar-refractivity contribution in [3.8, 4) is 0 Å². The van der Waals surface area contributed by atoms with Crippen LogP contribution in [0.4, 0.5) is 11.5 Å². The zero-order valence-corrected chi connectivity index (χ0v) is 13.7. The van der Waals surface area contributed by atoms with Gasteiger partial charge >= 0.3 is 0 Å². The second-order valence-electron chi connectivity index (χ2n) is 5.90. The number of thiocarbonyl (C=S) groups is 1. The molecule has 1 aliphatic carbocycles. The number of nitrogens with one attached hydrogen (secondary N) is 2. The molecule has 1 heterocycles. The molecule has 0 atom stereocenters. The summed E-state index contributed by atoms with van der Waals surface area (Å²) in [5.41, 5.74) is 2.23. The summed E-state index contributed by atoms with van der Waals surface area (Å²) in [6, 6.07) is 10.7. The van der Waals surface area contributed by atoms with Gasteiger partial charge < -0.3 is 10.6 Å². The fraction of sp³-hybridized carbons (Fsp3) is 0.412. The topological polar surface area (TPSA) is 41.9 Å². The standard InChI is InChI=1S/C17H22N4S/c1-13-7-9-14(10-8-13)19-17(22)20-16-11-12-18-21(16)15-5-3-2-4-6-15/h7-12,15H,2-6H2,1H3,(H2,19,20,22). The lowest BCUT2D eigenvalue weighted by atomic mass is 9.96. The van der Waals surface area contributed by atoms with Gasteiger partial charge in [0.25, 0.3) is 0 Å². The first-order valence-electron chi connectivity index (χ1n) is 7.90. The number of benzene rings is 1. The molecule has 0 spiro atoms. The summed E-state index contributed by atoms with van der Waals surface area (Å²) >= 11 is 5.41. The van der Waals surface area contributed by atoms with Crippen LogP contribution in [-0.2, 0) is 0 Å². The third-order valence-electron chi connectivity index (χ3n) is 4.14. The summed E-state index contributed by atoms with van der Waals surface area (Å²) in [5.74, 6) is 0.969. The summed E-state index contributed by atoms with van der Waals surface area (Å²) in [6.45, 7) is 2.07. The Morgan fingerprint density at radius 2 is 1.82 bits per heavy atom. The van der Waals surface area contributed by atoms with E-state index in [-0.39, 0.29) is 0 Å². The molecule has 1 aromatic carbocycles. The summed E-state index contributed by atoms with van der Waals surface area (Å²) in [6.07, 6.45) is 8.16. The fourth-order valence-electron chi connectivity index (χ4n) is 2.95. The van der Waals surface area contributed by atoms with Crippen LogP contribution in [0.15, 0.2) is 36.5 Å². The maximum Gasteiger partial charge on any atom is 0.176 e. The van der Waals surface area contributed by atoms with Gasteiger partial charge in [0.05, 0.1) is 12.2 Å². The summed E-state index contributed by atoms with van der Waals surface area (Å²) < 4.78 is 2.09. The summed E-state index contributed by atoms with van der Waals surface area (Å²) in [4.78, 5) is 0. The van der Waals surface area contributed by atoms with Gasteiger partial charge in [-0.3, -0.25) is 0 Å². The minimum Gasteiger partial charge on any atom is -0.332 e. The van der Waals surface area contributed by atoms with E-state index in [9.17, 15) is 0 Å². The molecular formula is C17H22N4S. The molecule has 0 amide bonds. The molecule has 0 saturated heterocycles. The number of hydrogen-bond donors (Lipinski definition) is 2. The van der Waals surface area contributed by atoms with Gasteiger partial charge in [-0.25, -0.2) is 4.68 Å². The first-order valence-corrected chi connectivity index (χ1v) is 8.31. The summed E-state index contributed by atoms with van der Waals surface area (Å²) in [7, 11) is 0. The summed E-state index contributed by atoms with van der Waals surface area (Å²) in [5, 5.41) is 11.6. The molecule has 0 aliphatic heterocycles. The van der Waals surface area contributed by atoms with Crippen molar-refractivity contribution in [3.05, 3.63) is 42.1 Å². The molecule has 0 bridgehead atoms. The highest BCUT2D eigenvalue weighted by Gasteiger charge is 2.18. The first kappa shape index (κ1) is 15.0. The molecule has 3 rings (SSSR count). The van der Waals surface area contributed by atoms with Crippen molar-refractivity contribution in [2.75, 3.05) is 10.6 Å². The Labute approximate surface area is 136 Å². The van der Waals surface area contributed by atoms with E-state index in [1.807, 2.05) is 24.4 Å². The third-order valence-corrected chi connectivity index (χ3v) is 4.35. The van der Waals surface area contributed by atoms with E-state index in [0.29, 0.717) is 11.2 Å². The van der Waals surface area contributed by atoms with E-state index in [1.165, 1.54) is 37.7 Å². The van der Waals surface area contributed by atoms with Crippen LogP contribution >= 0.6 is 12.2 Å². The Morgan fingerprint density at radius 3 is 2.55 bits per heavy atom. The number of aromatic nitrogens is 2. The molecule has 1 aromatic heterocycles. The first-order chi connectivity index (χ1) is 10.7. The van der Waals surface area contributed by atoms with E-state index in [0.717, 1.165) is 11.5 Å². The highest BCUT2D eigenvalue weighted by Crippen LogP contribution is 2.29. The molecule has 0 radical (unpaired) electrons. The Balaban J connectivity index is 1.64. The molecule has 5 heteroatoms. The van der Waals surface area contributed by atoms with Crippen LogP contribution in [0, 0.1) is 6.92 Å². The minimum absolute atomic E-state index is 0.494. The highest BCUT2D eigenvalue weighted by molar-refractivity contribution is 7.80. The molecule has 1 fully saturated rings. The average Bonchev–Trinajstić information content (AvgIpc) is 2.98. The van der Waals surface area contributed by atoms with E-state index in [2.05, 4.69) is 39.5 Å². The molecule has 116 valence electrons. The number of anilines is 2. The van der Waals surface area contributed by atoms with Gasteiger partial charge in [-0.15, -0.1) is 0 Å². The SMILES string of the molecule is Cc1ccc(NC(=S)Nc2ccnn2C2CCCCC2)cc1.